The first-order valence-electron chi connectivity index (χ1n) is 5.72. The third-order valence-corrected chi connectivity index (χ3v) is 2.93. The van der Waals surface area contributed by atoms with Gasteiger partial charge in [-0.25, -0.2) is 13.6 Å². The van der Waals surface area contributed by atoms with Crippen molar-refractivity contribution in [3.63, 3.8) is 0 Å². The van der Waals surface area contributed by atoms with Crippen LogP contribution in [-0.2, 0) is 4.79 Å². The van der Waals surface area contributed by atoms with Gasteiger partial charge in [-0.2, -0.15) is 0 Å². The molecule has 0 fully saturated rings. The van der Waals surface area contributed by atoms with E-state index < -0.39 is 45.6 Å². The molecule has 1 aromatic rings. The molecular formula is C13H14ClF2NO3. The topological polar surface area (TPSA) is 66.4 Å². The Balaban J connectivity index is 3.07. The van der Waals surface area contributed by atoms with Gasteiger partial charge in [0.2, 0.25) is 0 Å². The molecule has 7 heteroatoms. The molecule has 2 N–H and O–H groups in total. The summed E-state index contributed by atoms with van der Waals surface area (Å²) in [7, 11) is 0. The number of carbonyl (C=O) groups is 2. The van der Waals surface area contributed by atoms with Crippen molar-refractivity contribution in [1.29, 1.82) is 0 Å². The molecule has 1 rings (SSSR count). The number of rotatable bonds is 3. The summed E-state index contributed by atoms with van der Waals surface area (Å²) in [5, 5.41) is 10.8. The van der Waals surface area contributed by atoms with Crippen molar-refractivity contribution in [2.75, 3.05) is 0 Å². The molecule has 0 saturated carbocycles. The Morgan fingerprint density at radius 1 is 1.25 bits per heavy atom. The molecule has 0 unspecified atom stereocenters. The Labute approximate surface area is 119 Å². The van der Waals surface area contributed by atoms with Crippen LogP contribution in [-0.4, -0.2) is 23.0 Å². The predicted octanol–water partition coefficient (Wildman–Crippen LogP) is 2.85. The zero-order chi connectivity index (χ0) is 15.7. The van der Waals surface area contributed by atoms with Gasteiger partial charge < -0.3 is 10.4 Å². The number of halogens is 3. The molecule has 20 heavy (non-hydrogen) atoms. The summed E-state index contributed by atoms with van der Waals surface area (Å²) in [4.78, 5) is 23.0. The van der Waals surface area contributed by atoms with Crippen LogP contribution < -0.4 is 5.32 Å². The molecule has 0 aliphatic rings. The van der Waals surface area contributed by atoms with E-state index in [2.05, 4.69) is 5.32 Å². The number of hydrogen-bond donors (Lipinski definition) is 2. The van der Waals surface area contributed by atoms with Crippen molar-refractivity contribution in [1.82, 2.24) is 5.32 Å². The quantitative estimate of drug-likeness (QED) is 0.844. The van der Waals surface area contributed by atoms with Crippen LogP contribution in [0.25, 0.3) is 0 Å². The van der Waals surface area contributed by atoms with Gasteiger partial charge in [0.1, 0.15) is 17.7 Å². The summed E-state index contributed by atoms with van der Waals surface area (Å²) in [5.41, 5.74) is -1.38. The zero-order valence-corrected chi connectivity index (χ0v) is 11.9. The van der Waals surface area contributed by atoms with Gasteiger partial charge in [-0.05, 0) is 17.5 Å². The van der Waals surface area contributed by atoms with Gasteiger partial charge in [-0.15, -0.1) is 0 Å². The van der Waals surface area contributed by atoms with Gasteiger partial charge in [-0.3, -0.25) is 4.79 Å². The van der Waals surface area contributed by atoms with E-state index in [1.54, 1.807) is 20.8 Å². The van der Waals surface area contributed by atoms with Crippen LogP contribution in [0.2, 0.25) is 5.02 Å². The SMILES string of the molecule is CC(C)(C)[C@H](NC(=O)c1cc(F)c(Cl)cc1F)C(=O)O. The number of benzene rings is 1. The summed E-state index contributed by atoms with van der Waals surface area (Å²) >= 11 is 5.38. The Morgan fingerprint density at radius 3 is 2.25 bits per heavy atom. The molecule has 1 aromatic carbocycles. The van der Waals surface area contributed by atoms with E-state index in [0.717, 1.165) is 0 Å². The highest BCUT2D eigenvalue weighted by Crippen LogP contribution is 2.22. The van der Waals surface area contributed by atoms with Crippen molar-refractivity contribution in [2.45, 2.75) is 26.8 Å². The van der Waals surface area contributed by atoms with Crippen LogP contribution in [0.5, 0.6) is 0 Å². The van der Waals surface area contributed by atoms with Gasteiger partial charge in [-0.1, -0.05) is 32.4 Å². The minimum Gasteiger partial charge on any atom is -0.480 e. The highest BCUT2D eigenvalue weighted by molar-refractivity contribution is 6.30. The molecule has 0 saturated heterocycles. The summed E-state index contributed by atoms with van der Waals surface area (Å²) in [6.07, 6.45) is 0. The minimum absolute atomic E-state index is 0.454. The van der Waals surface area contributed by atoms with Crippen LogP contribution in [0, 0.1) is 17.0 Å². The number of carboxylic acids is 1. The van der Waals surface area contributed by atoms with E-state index in [-0.39, 0.29) is 0 Å². The minimum atomic E-state index is -1.26. The number of aliphatic carboxylic acids is 1. The van der Waals surface area contributed by atoms with E-state index in [0.29, 0.717) is 12.1 Å². The third-order valence-electron chi connectivity index (χ3n) is 2.64. The maximum atomic E-state index is 13.6. The van der Waals surface area contributed by atoms with E-state index in [4.69, 9.17) is 16.7 Å². The van der Waals surface area contributed by atoms with E-state index in [1.807, 2.05) is 0 Å². The Bertz CT molecular complexity index is 555. The summed E-state index contributed by atoms with van der Waals surface area (Å²) < 4.78 is 26.8. The summed E-state index contributed by atoms with van der Waals surface area (Å²) in [6.45, 7) is 4.81. The molecule has 110 valence electrons. The number of nitrogens with one attached hydrogen (secondary N) is 1. The fourth-order valence-electron chi connectivity index (χ4n) is 1.55. The molecule has 4 nitrogen and oxygen atoms in total. The first kappa shape index (κ1) is 16.4. The average molecular weight is 306 g/mol. The molecule has 0 spiro atoms. The number of amides is 1. The third kappa shape index (κ3) is 3.66. The largest absolute Gasteiger partial charge is 0.480 e. The lowest BCUT2D eigenvalue weighted by Gasteiger charge is -2.27. The van der Waals surface area contributed by atoms with E-state index in [1.165, 1.54) is 0 Å². The molecule has 0 bridgehead atoms. The van der Waals surface area contributed by atoms with Gasteiger partial charge >= 0.3 is 5.97 Å². The lowest BCUT2D eigenvalue weighted by atomic mass is 9.86. The van der Waals surface area contributed by atoms with Crippen LogP contribution >= 0.6 is 11.6 Å². The van der Waals surface area contributed by atoms with Crippen LogP contribution in [0.1, 0.15) is 31.1 Å². The van der Waals surface area contributed by atoms with E-state index >= 15 is 0 Å². The Morgan fingerprint density at radius 2 is 1.80 bits per heavy atom. The lowest BCUT2D eigenvalue weighted by molar-refractivity contribution is -0.142. The maximum Gasteiger partial charge on any atom is 0.326 e. The van der Waals surface area contributed by atoms with Crippen molar-refractivity contribution < 1.29 is 23.5 Å². The van der Waals surface area contributed by atoms with E-state index in [9.17, 15) is 18.4 Å². The fraction of sp³-hybridized carbons (Fsp3) is 0.385. The molecule has 0 aliphatic heterocycles. The molecule has 0 aliphatic carbocycles. The van der Waals surface area contributed by atoms with Crippen molar-refractivity contribution in [2.24, 2.45) is 5.41 Å². The van der Waals surface area contributed by atoms with Gasteiger partial charge in [0.25, 0.3) is 5.91 Å². The van der Waals surface area contributed by atoms with Gasteiger partial charge in [0, 0.05) is 0 Å². The summed E-state index contributed by atoms with van der Waals surface area (Å²) in [5.74, 6) is -4.26. The summed E-state index contributed by atoms with van der Waals surface area (Å²) in [6, 6.07) is 0.0564. The van der Waals surface area contributed by atoms with Crippen molar-refractivity contribution >= 4 is 23.5 Å². The standard InChI is InChI=1S/C13H14ClF2NO3/c1-13(2,3)10(12(19)20)17-11(18)6-4-9(16)7(14)5-8(6)15/h4-5,10H,1-3H3,(H,17,18)(H,19,20)/t10-/m1/s1. The number of hydrogen-bond acceptors (Lipinski definition) is 2. The second-order valence-corrected chi connectivity index (χ2v) is 5.76. The fourth-order valence-corrected chi connectivity index (χ4v) is 1.70. The predicted molar refractivity (Wildman–Crippen MR) is 69.7 cm³/mol. The normalized spacial score (nSPS) is 12.9. The van der Waals surface area contributed by atoms with Crippen LogP contribution in [0.3, 0.4) is 0 Å². The lowest BCUT2D eigenvalue weighted by Crippen LogP contribution is -2.49. The van der Waals surface area contributed by atoms with Crippen molar-refractivity contribution in [3.05, 3.63) is 34.4 Å². The number of carboxylic acid groups (broad SMARTS) is 1. The molecule has 0 aromatic heterocycles. The second-order valence-electron chi connectivity index (χ2n) is 5.36. The zero-order valence-electron chi connectivity index (χ0n) is 11.1. The van der Waals surface area contributed by atoms with Crippen LogP contribution in [0.15, 0.2) is 12.1 Å². The van der Waals surface area contributed by atoms with Gasteiger partial charge in [0.05, 0.1) is 10.6 Å². The monoisotopic (exact) mass is 305 g/mol. The van der Waals surface area contributed by atoms with Crippen LogP contribution in [0.4, 0.5) is 8.78 Å². The highest BCUT2D eigenvalue weighted by atomic mass is 35.5. The number of carbonyl (C=O) groups excluding carboxylic acids is 1. The first-order chi connectivity index (χ1) is 9.04. The maximum absolute atomic E-state index is 13.6. The molecule has 0 radical (unpaired) electrons. The molecule has 1 atom stereocenters. The smallest absolute Gasteiger partial charge is 0.326 e. The van der Waals surface area contributed by atoms with Gasteiger partial charge in [0.15, 0.2) is 0 Å². The Hall–Kier alpha value is -1.69. The molecule has 1 amide bonds. The Kier molecular flexibility index (Phi) is 4.70. The first-order valence-corrected chi connectivity index (χ1v) is 6.10. The van der Waals surface area contributed by atoms with Crippen molar-refractivity contribution in [3.8, 4) is 0 Å². The molecule has 0 heterocycles. The molecular weight excluding hydrogens is 292 g/mol. The highest BCUT2D eigenvalue weighted by Gasteiger charge is 2.33. The average Bonchev–Trinajstić information content (AvgIpc) is 2.28. The second kappa shape index (κ2) is 5.75.